The van der Waals surface area contributed by atoms with E-state index in [1.807, 2.05) is 6.07 Å². The van der Waals surface area contributed by atoms with Gasteiger partial charge in [0.1, 0.15) is 0 Å². The zero-order valence-corrected chi connectivity index (χ0v) is 34.7. The maximum absolute atomic E-state index is 5.32. The Morgan fingerprint density at radius 2 is 0.855 bits per heavy atom. The normalized spacial score (nSPS) is 13.9. The van der Waals surface area contributed by atoms with E-state index in [1.54, 1.807) is 0 Å². The van der Waals surface area contributed by atoms with Gasteiger partial charge in [-0.15, -0.1) is 0 Å². The largest absolute Gasteiger partial charge is 0.228 e. The lowest BCUT2D eigenvalue weighted by Crippen LogP contribution is -2.28. The molecule has 0 fully saturated rings. The van der Waals surface area contributed by atoms with Crippen molar-refractivity contribution >= 4 is 10.8 Å². The maximum Gasteiger partial charge on any atom is 0.160 e. The fourth-order valence-corrected chi connectivity index (χ4v) is 10.6. The van der Waals surface area contributed by atoms with Crippen molar-refractivity contribution in [3.8, 4) is 67.3 Å². The number of hydrogen-bond acceptors (Lipinski definition) is 2. The molecule has 0 saturated heterocycles. The van der Waals surface area contributed by atoms with Crippen LogP contribution in [0.15, 0.2) is 218 Å². The predicted octanol–water partition coefficient (Wildman–Crippen LogP) is 15.0. The first-order valence-electron chi connectivity index (χ1n) is 21.6. The SMILES string of the molecule is CC1(C)c2cc3ccccc3cc2-c2c(-c3cccc(-c4cc(-c5ccc6c(c5)-c5ccccc5C6(c5ccccc5)c5ccccc5)nc(-c5ccccc5)n4)c3)cccc21. The van der Waals surface area contributed by atoms with E-state index >= 15 is 0 Å². The second-order valence-corrected chi connectivity index (χ2v) is 17.3. The molecule has 0 N–H and O–H groups in total. The van der Waals surface area contributed by atoms with Crippen molar-refractivity contribution < 1.29 is 0 Å². The van der Waals surface area contributed by atoms with Crippen molar-refractivity contribution in [1.29, 1.82) is 0 Å². The Labute approximate surface area is 362 Å². The zero-order valence-electron chi connectivity index (χ0n) is 34.7. The van der Waals surface area contributed by atoms with Crippen LogP contribution in [0.2, 0.25) is 0 Å². The fraction of sp³-hybridized carbons (Fsp3) is 0.0667. The van der Waals surface area contributed by atoms with Gasteiger partial charge < -0.3 is 0 Å². The molecule has 2 aliphatic carbocycles. The minimum Gasteiger partial charge on any atom is -0.228 e. The van der Waals surface area contributed by atoms with Crippen LogP contribution in [0.1, 0.15) is 47.2 Å². The topological polar surface area (TPSA) is 25.8 Å². The van der Waals surface area contributed by atoms with Gasteiger partial charge in [-0.1, -0.05) is 202 Å². The molecule has 0 bridgehead atoms. The molecule has 2 heteroatoms. The molecule has 2 aliphatic rings. The Morgan fingerprint density at radius 3 is 1.58 bits per heavy atom. The van der Waals surface area contributed by atoms with Crippen LogP contribution in [0.5, 0.6) is 0 Å². The minimum atomic E-state index is -0.458. The molecule has 1 aromatic heterocycles. The average molecular weight is 791 g/mol. The average Bonchev–Trinajstić information content (AvgIpc) is 3.76. The monoisotopic (exact) mass is 790 g/mol. The molecule has 0 unspecified atom stereocenters. The van der Waals surface area contributed by atoms with Gasteiger partial charge in [-0.2, -0.15) is 0 Å². The molecule has 62 heavy (non-hydrogen) atoms. The van der Waals surface area contributed by atoms with E-state index in [9.17, 15) is 0 Å². The Hall–Kier alpha value is -7.68. The lowest BCUT2D eigenvalue weighted by molar-refractivity contribution is 0.661. The quantitative estimate of drug-likeness (QED) is 0.168. The second-order valence-electron chi connectivity index (χ2n) is 17.3. The van der Waals surface area contributed by atoms with Crippen LogP contribution >= 0.6 is 0 Å². The molecule has 1 heterocycles. The Kier molecular flexibility index (Phi) is 8.14. The first-order valence-corrected chi connectivity index (χ1v) is 21.6. The summed E-state index contributed by atoms with van der Waals surface area (Å²) in [5.41, 5.74) is 19.6. The van der Waals surface area contributed by atoms with E-state index in [-0.39, 0.29) is 5.41 Å². The predicted molar refractivity (Wildman–Crippen MR) is 256 cm³/mol. The van der Waals surface area contributed by atoms with Crippen LogP contribution in [0.3, 0.4) is 0 Å². The molecular formula is C60H42N2. The standard InChI is InChI=1S/C60H42N2/c1-59(2)53-31-17-29-47(57(53)50-35-40-20-12-13-21-41(40)37-54(50)59)42-22-16-23-43(34-42)55-38-56(62-58(61-55)39-18-6-3-7-19-39)44-32-33-52-49(36-44)48-28-14-15-30-51(48)60(52,45-24-8-4-9-25-45)46-26-10-5-11-27-46/h3-38H,1-2H3. The molecule has 0 radical (unpaired) electrons. The highest BCUT2D eigenvalue weighted by Gasteiger charge is 2.46. The number of nitrogens with zero attached hydrogens (tertiary/aromatic N) is 2. The summed E-state index contributed by atoms with van der Waals surface area (Å²) < 4.78 is 0. The maximum atomic E-state index is 5.32. The van der Waals surface area contributed by atoms with Gasteiger partial charge in [-0.05, 0) is 108 Å². The highest BCUT2D eigenvalue weighted by atomic mass is 14.9. The summed E-state index contributed by atoms with van der Waals surface area (Å²) in [7, 11) is 0. The smallest absolute Gasteiger partial charge is 0.160 e. The molecule has 0 atom stereocenters. The lowest BCUT2D eigenvalue weighted by Gasteiger charge is -2.33. The van der Waals surface area contributed by atoms with E-state index < -0.39 is 5.41 Å². The van der Waals surface area contributed by atoms with Crippen LogP contribution in [-0.4, -0.2) is 9.97 Å². The summed E-state index contributed by atoms with van der Waals surface area (Å²) in [6.07, 6.45) is 0. The summed E-state index contributed by atoms with van der Waals surface area (Å²) in [4.78, 5) is 10.6. The lowest BCUT2D eigenvalue weighted by atomic mass is 9.67. The van der Waals surface area contributed by atoms with Crippen LogP contribution in [0.25, 0.3) is 78.1 Å². The molecule has 0 saturated carbocycles. The van der Waals surface area contributed by atoms with Gasteiger partial charge >= 0.3 is 0 Å². The summed E-state index contributed by atoms with van der Waals surface area (Å²) in [6, 6.07) is 79.6. The van der Waals surface area contributed by atoms with E-state index in [4.69, 9.17) is 9.97 Å². The molecule has 9 aromatic carbocycles. The van der Waals surface area contributed by atoms with Crippen LogP contribution in [-0.2, 0) is 10.8 Å². The van der Waals surface area contributed by atoms with E-state index in [2.05, 4.69) is 226 Å². The van der Waals surface area contributed by atoms with Crippen molar-refractivity contribution in [2.45, 2.75) is 24.7 Å². The fourth-order valence-electron chi connectivity index (χ4n) is 10.6. The van der Waals surface area contributed by atoms with E-state index in [1.165, 1.54) is 77.5 Å². The Balaban J connectivity index is 1.03. The zero-order chi connectivity index (χ0) is 41.4. The third-order valence-corrected chi connectivity index (χ3v) is 13.5. The molecule has 292 valence electrons. The summed E-state index contributed by atoms with van der Waals surface area (Å²) in [5.74, 6) is 0.704. The van der Waals surface area contributed by atoms with Crippen LogP contribution in [0.4, 0.5) is 0 Å². The van der Waals surface area contributed by atoms with Gasteiger partial charge in [0.25, 0.3) is 0 Å². The van der Waals surface area contributed by atoms with Crippen molar-refractivity contribution in [3.05, 3.63) is 252 Å². The second kappa shape index (κ2) is 13.9. The van der Waals surface area contributed by atoms with Crippen LogP contribution in [0, 0.1) is 0 Å². The van der Waals surface area contributed by atoms with Gasteiger partial charge in [0.2, 0.25) is 0 Å². The number of aromatic nitrogens is 2. The van der Waals surface area contributed by atoms with Crippen molar-refractivity contribution in [2.75, 3.05) is 0 Å². The highest BCUT2D eigenvalue weighted by Crippen LogP contribution is 2.57. The molecule has 0 spiro atoms. The summed E-state index contributed by atoms with van der Waals surface area (Å²) in [5, 5.41) is 2.55. The van der Waals surface area contributed by atoms with E-state index in [0.29, 0.717) is 5.82 Å². The molecule has 10 aromatic rings. The van der Waals surface area contributed by atoms with Crippen molar-refractivity contribution in [2.24, 2.45) is 0 Å². The van der Waals surface area contributed by atoms with Gasteiger partial charge in [0.05, 0.1) is 16.8 Å². The number of rotatable bonds is 6. The summed E-state index contributed by atoms with van der Waals surface area (Å²) >= 11 is 0. The first-order chi connectivity index (χ1) is 30.5. The number of hydrogen-bond donors (Lipinski definition) is 0. The highest BCUT2D eigenvalue weighted by molar-refractivity contribution is 5.99. The van der Waals surface area contributed by atoms with E-state index in [0.717, 1.165) is 28.1 Å². The van der Waals surface area contributed by atoms with Crippen molar-refractivity contribution in [3.63, 3.8) is 0 Å². The first kappa shape index (κ1) is 36.2. The number of fused-ring (bicyclic) bond motifs is 7. The van der Waals surface area contributed by atoms with Gasteiger partial charge in [-0.3, -0.25) is 0 Å². The minimum absolute atomic E-state index is 0.118. The van der Waals surface area contributed by atoms with Crippen LogP contribution < -0.4 is 0 Å². The molecule has 12 rings (SSSR count). The van der Waals surface area contributed by atoms with Gasteiger partial charge in [0.15, 0.2) is 5.82 Å². The third kappa shape index (κ3) is 5.43. The number of benzene rings is 9. The molecular weight excluding hydrogens is 749 g/mol. The van der Waals surface area contributed by atoms with Gasteiger partial charge in [-0.25, -0.2) is 9.97 Å². The summed E-state index contributed by atoms with van der Waals surface area (Å²) in [6.45, 7) is 4.72. The Morgan fingerprint density at radius 1 is 0.323 bits per heavy atom. The van der Waals surface area contributed by atoms with Gasteiger partial charge in [0, 0.05) is 22.1 Å². The molecule has 2 nitrogen and oxygen atoms in total. The third-order valence-electron chi connectivity index (χ3n) is 13.5. The molecule has 0 aliphatic heterocycles. The molecule has 0 amide bonds. The Bertz CT molecular complexity index is 3330. The van der Waals surface area contributed by atoms with Crippen molar-refractivity contribution in [1.82, 2.24) is 9.97 Å².